The van der Waals surface area contributed by atoms with Gasteiger partial charge in [0.25, 0.3) is 0 Å². The van der Waals surface area contributed by atoms with E-state index in [1.165, 1.54) is 6.07 Å². The Balaban J connectivity index is 3.31. The number of hydrogen-bond acceptors (Lipinski definition) is 2. The maximum atomic E-state index is 12.6. The third-order valence-corrected chi connectivity index (χ3v) is 1.78. The molecule has 0 fully saturated rings. The van der Waals surface area contributed by atoms with Gasteiger partial charge in [0.05, 0.1) is 4.47 Å². The van der Waals surface area contributed by atoms with E-state index in [9.17, 15) is 9.18 Å². The molecule has 0 aliphatic heterocycles. The van der Waals surface area contributed by atoms with Crippen molar-refractivity contribution in [2.24, 2.45) is 0 Å². The zero-order valence-corrected chi connectivity index (χ0v) is 6.93. The molecule has 58 valence electrons. The first-order chi connectivity index (χ1) is 5.15. The van der Waals surface area contributed by atoms with E-state index in [0.29, 0.717) is 6.29 Å². The Kier molecular flexibility index (Phi) is 2.24. The molecule has 0 aromatic heterocycles. The van der Waals surface area contributed by atoms with Crippen molar-refractivity contribution in [2.45, 2.75) is 0 Å². The zero-order valence-electron chi connectivity index (χ0n) is 5.34. The number of hydrogen-bond donors (Lipinski definition) is 1. The van der Waals surface area contributed by atoms with Crippen molar-refractivity contribution in [2.75, 3.05) is 0 Å². The summed E-state index contributed by atoms with van der Waals surface area (Å²) < 4.78 is 12.8. The van der Waals surface area contributed by atoms with Gasteiger partial charge >= 0.3 is 0 Å². The minimum Gasteiger partial charge on any atom is -0.504 e. The van der Waals surface area contributed by atoms with Crippen LogP contribution in [0.15, 0.2) is 16.6 Å². The van der Waals surface area contributed by atoms with Crippen LogP contribution in [0.5, 0.6) is 5.75 Å². The number of aromatic hydroxyl groups is 1. The van der Waals surface area contributed by atoms with Gasteiger partial charge in [-0.3, -0.25) is 4.79 Å². The molecular weight excluding hydrogens is 215 g/mol. The first kappa shape index (κ1) is 8.20. The molecule has 0 unspecified atom stereocenters. The molecule has 0 atom stereocenters. The number of carbonyl (C=O) groups is 1. The van der Waals surface area contributed by atoms with Gasteiger partial charge in [0.2, 0.25) is 0 Å². The monoisotopic (exact) mass is 218 g/mol. The average Bonchev–Trinajstić information content (AvgIpc) is 1.99. The lowest BCUT2D eigenvalue weighted by Crippen LogP contribution is -1.84. The van der Waals surface area contributed by atoms with E-state index in [0.717, 1.165) is 6.07 Å². The normalized spacial score (nSPS) is 9.64. The van der Waals surface area contributed by atoms with Gasteiger partial charge in [-0.15, -0.1) is 0 Å². The van der Waals surface area contributed by atoms with E-state index in [-0.39, 0.29) is 10.0 Å². The molecule has 2 nitrogen and oxygen atoms in total. The Labute approximate surface area is 70.8 Å². The van der Waals surface area contributed by atoms with E-state index in [1.807, 2.05) is 0 Å². The molecule has 11 heavy (non-hydrogen) atoms. The zero-order chi connectivity index (χ0) is 8.43. The predicted molar refractivity (Wildman–Crippen MR) is 41.2 cm³/mol. The number of phenolic OH excluding ortho intramolecular Hbond substituents is 1. The molecule has 0 aliphatic rings. The van der Waals surface area contributed by atoms with Crippen molar-refractivity contribution in [3.8, 4) is 5.75 Å². The molecule has 0 bridgehead atoms. The highest BCUT2D eigenvalue weighted by molar-refractivity contribution is 9.10. The van der Waals surface area contributed by atoms with Crippen LogP contribution < -0.4 is 0 Å². The summed E-state index contributed by atoms with van der Waals surface area (Å²) in [5, 5.41) is 8.89. The molecule has 0 saturated heterocycles. The van der Waals surface area contributed by atoms with Crippen LogP contribution in [0.2, 0.25) is 0 Å². The van der Waals surface area contributed by atoms with Crippen molar-refractivity contribution < 1.29 is 14.3 Å². The second-order valence-corrected chi connectivity index (χ2v) is 2.81. The quantitative estimate of drug-likeness (QED) is 0.734. The van der Waals surface area contributed by atoms with Crippen molar-refractivity contribution in [1.82, 2.24) is 0 Å². The lowest BCUT2D eigenvalue weighted by molar-refractivity contribution is 0.112. The Morgan fingerprint density at radius 2 is 2.18 bits per heavy atom. The first-order valence-electron chi connectivity index (χ1n) is 2.78. The third kappa shape index (κ3) is 1.57. The first-order valence-corrected chi connectivity index (χ1v) is 3.57. The topological polar surface area (TPSA) is 37.3 Å². The van der Waals surface area contributed by atoms with Crippen molar-refractivity contribution in [3.05, 3.63) is 28.0 Å². The highest BCUT2D eigenvalue weighted by Crippen LogP contribution is 2.27. The predicted octanol–water partition coefficient (Wildman–Crippen LogP) is 2.11. The Hall–Kier alpha value is -0.900. The number of benzene rings is 1. The number of aldehydes is 1. The highest BCUT2D eigenvalue weighted by Gasteiger charge is 2.06. The number of carbonyl (C=O) groups excluding carboxylic acids is 1. The molecular formula is C7H4BrFO2. The fourth-order valence-corrected chi connectivity index (χ4v) is 1.11. The molecule has 0 saturated carbocycles. The molecule has 1 rings (SSSR count). The summed E-state index contributed by atoms with van der Waals surface area (Å²) in [5.74, 6) is -1.28. The molecule has 1 N–H and O–H groups in total. The second-order valence-electron chi connectivity index (χ2n) is 1.95. The van der Waals surface area contributed by atoms with Gasteiger partial charge in [-0.2, -0.15) is 0 Å². The minimum atomic E-state index is -0.804. The average molecular weight is 219 g/mol. The molecule has 0 radical (unpaired) electrons. The Morgan fingerprint density at radius 3 is 2.64 bits per heavy atom. The fraction of sp³-hybridized carbons (Fsp3) is 0. The maximum absolute atomic E-state index is 12.6. The summed E-state index contributed by atoms with van der Waals surface area (Å²) in [5.41, 5.74) is 0.187. The van der Waals surface area contributed by atoms with E-state index < -0.39 is 11.6 Å². The molecule has 4 heteroatoms. The van der Waals surface area contributed by atoms with Crippen LogP contribution in [-0.2, 0) is 0 Å². The summed E-state index contributed by atoms with van der Waals surface area (Å²) >= 11 is 2.89. The van der Waals surface area contributed by atoms with Crippen LogP contribution in [0.25, 0.3) is 0 Å². The fourth-order valence-electron chi connectivity index (χ4n) is 0.653. The molecule has 1 aromatic carbocycles. The summed E-state index contributed by atoms with van der Waals surface area (Å²) in [7, 11) is 0. The number of halogens is 2. The lowest BCUT2D eigenvalue weighted by Gasteiger charge is -1.98. The van der Waals surface area contributed by atoms with Gasteiger partial charge in [0.1, 0.15) is 6.29 Å². The van der Waals surface area contributed by atoms with Crippen LogP contribution in [0.4, 0.5) is 4.39 Å². The van der Waals surface area contributed by atoms with Gasteiger partial charge in [0, 0.05) is 5.56 Å². The van der Waals surface area contributed by atoms with Crippen LogP contribution in [0.1, 0.15) is 10.4 Å². The number of phenols is 1. The second kappa shape index (κ2) is 3.00. The van der Waals surface area contributed by atoms with Crippen molar-refractivity contribution in [1.29, 1.82) is 0 Å². The SMILES string of the molecule is O=Cc1cc(F)c(O)c(Br)c1. The van der Waals surface area contributed by atoms with Gasteiger partial charge in [0.15, 0.2) is 11.6 Å². The van der Waals surface area contributed by atoms with Crippen LogP contribution in [0.3, 0.4) is 0 Å². The van der Waals surface area contributed by atoms with Crippen molar-refractivity contribution in [3.63, 3.8) is 0 Å². The summed E-state index contributed by atoms with van der Waals surface area (Å²) in [4.78, 5) is 10.2. The lowest BCUT2D eigenvalue weighted by atomic mass is 10.2. The molecule has 0 heterocycles. The largest absolute Gasteiger partial charge is 0.504 e. The van der Waals surface area contributed by atoms with Gasteiger partial charge in [-0.05, 0) is 28.1 Å². The molecule has 1 aromatic rings. The summed E-state index contributed by atoms with van der Waals surface area (Å²) in [6.45, 7) is 0. The maximum Gasteiger partial charge on any atom is 0.166 e. The van der Waals surface area contributed by atoms with E-state index in [2.05, 4.69) is 15.9 Å². The van der Waals surface area contributed by atoms with Gasteiger partial charge < -0.3 is 5.11 Å². The minimum absolute atomic E-state index is 0.180. The molecule has 0 amide bonds. The van der Waals surface area contributed by atoms with Crippen LogP contribution in [-0.4, -0.2) is 11.4 Å². The van der Waals surface area contributed by atoms with Gasteiger partial charge in [-0.25, -0.2) is 4.39 Å². The summed E-state index contributed by atoms with van der Waals surface area (Å²) in [6, 6.07) is 2.30. The third-order valence-electron chi connectivity index (χ3n) is 1.18. The van der Waals surface area contributed by atoms with E-state index in [4.69, 9.17) is 5.11 Å². The Morgan fingerprint density at radius 1 is 1.55 bits per heavy atom. The van der Waals surface area contributed by atoms with Crippen molar-refractivity contribution >= 4 is 22.2 Å². The van der Waals surface area contributed by atoms with E-state index in [1.54, 1.807) is 0 Å². The molecule has 0 aliphatic carbocycles. The molecule has 0 spiro atoms. The van der Waals surface area contributed by atoms with E-state index >= 15 is 0 Å². The van der Waals surface area contributed by atoms with Gasteiger partial charge in [-0.1, -0.05) is 0 Å². The Bertz CT molecular complexity index is 275. The standard InChI is InChI=1S/C7H4BrFO2/c8-5-1-4(3-10)2-6(9)7(5)11/h1-3,11H. The smallest absolute Gasteiger partial charge is 0.166 e. The summed E-state index contributed by atoms with van der Waals surface area (Å²) in [6.07, 6.45) is 0.507. The van der Waals surface area contributed by atoms with Crippen LogP contribution >= 0.6 is 15.9 Å². The highest BCUT2D eigenvalue weighted by atomic mass is 79.9. The number of rotatable bonds is 1. The van der Waals surface area contributed by atoms with Crippen LogP contribution in [0, 0.1) is 5.82 Å².